The molecule has 0 bridgehead atoms. The van der Waals surface area contributed by atoms with E-state index in [9.17, 15) is 0 Å². The molecule has 1 aromatic carbocycles. The number of hydrogen-bond donors (Lipinski definition) is 1. The van der Waals surface area contributed by atoms with Gasteiger partial charge in [-0.05, 0) is 37.1 Å². The summed E-state index contributed by atoms with van der Waals surface area (Å²) in [6, 6.07) is 5.65. The lowest BCUT2D eigenvalue weighted by atomic mass is 10.0. The molecule has 0 aliphatic carbocycles. The second-order valence-corrected chi connectivity index (χ2v) is 6.14. The van der Waals surface area contributed by atoms with E-state index in [1.165, 1.54) is 0 Å². The lowest BCUT2D eigenvalue weighted by molar-refractivity contribution is -0.0400. The zero-order chi connectivity index (χ0) is 14.5. The van der Waals surface area contributed by atoms with Gasteiger partial charge < -0.3 is 10.5 Å². The van der Waals surface area contributed by atoms with E-state index in [0.717, 1.165) is 44.6 Å². The molecule has 2 rings (SSSR count). The summed E-state index contributed by atoms with van der Waals surface area (Å²) >= 11 is 12.0. The largest absolute Gasteiger partial charge is 0.374 e. The molecule has 20 heavy (non-hydrogen) atoms. The number of nitrogens with zero attached hydrogens (tertiary/aromatic N) is 1. The predicted molar refractivity (Wildman–Crippen MR) is 84.6 cm³/mol. The number of benzene rings is 1. The summed E-state index contributed by atoms with van der Waals surface area (Å²) < 4.78 is 5.82. The quantitative estimate of drug-likeness (QED) is 0.907. The fourth-order valence-corrected chi connectivity index (χ4v) is 2.90. The Kier molecular flexibility index (Phi) is 6.12. The molecule has 5 heteroatoms. The first-order chi connectivity index (χ1) is 9.60. The lowest BCUT2D eigenvalue weighted by Gasteiger charge is -2.35. The summed E-state index contributed by atoms with van der Waals surface area (Å²) in [6.45, 7) is 5.99. The van der Waals surface area contributed by atoms with E-state index in [1.54, 1.807) is 0 Å². The summed E-state index contributed by atoms with van der Waals surface area (Å²) in [6.07, 6.45) is 2.00. The lowest BCUT2D eigenvalue weighted by Crippen LogP contribution is -2.51. The molecule has 1 saturated heterocycles. The van der Waals surface area contributed by atoms with E-state index in [0.29, 0.717) is 10.0 Å². The molecule has 112 valence electrons. The smallest absolute Gasteiger partial charge is 0.0856 e. The fraction of sp³-hybridized carbons (Fsp3) is 0.600. The molecule has 1 aliphatic heterocycles. The molecular formula is C15H22Cl2N2O. The van der Waals surface area contributed by atoms with E-state index in [-0.39, 0.29) is 12.1 Å². The molecule has 1 heterocycles. The van der Waals surface area contributed by atoms with Crippen molar-refractivity contribution >= 4 is 23.2 Å². The van der Waals surface area contributed by atoms with Crippen LogP contribution in [0.5, 0.6) is 0 Å². The highest BCUT2D eigenvalue weighted by Crippen LogP contribution is 2.23. The molecule has 0 saturated carbocycles. The molecule has 2 atom stereocenters. The summed E-state index contributed by atoms with van der Waals surface area (Å²) in [4.78, 5) is 2.42. The molecule has 3 nitrogen and oxygen atoms in total. The van der Waals surface area contributed by atoms with E-state index < -0.39 is 0 Å². The van der Waals surface area contributed by atoms with Crippen molar-refractivity contribution in [3.05, 3.63) is 33.8 Å². The minimum Gasteiger partial charge on any atom is -0.374 e. The van der Waals surface area contributed by atoms with Gasteiger partial charge in [0, 0.05) is 19.1 Å². The van der Waals surface area contributed by atoms with Crippen LogP contribution in [0.2, 0.25) is 10.0 Å². The first-order valence-electron chi connectivity index (χ1n) is 7.13. The van der Waals surface area contributed by atoms with E-state index >= 15 is 0 Å². The van der Waals surface area contributed by atoms with Crippen LogP contribution >= 0.6 is 23.2 Å². The topological polar surface area (TPSA) is 38.5 Å². The Labute approximate surface area is 131 Å². The highest BCUT2D eigenvalue weighted by Gasteiger charge is 2.25. The first-order valence-corrected chi connectivity index (χ1v) is 7.89. The van der Waals surface area contributed by atoms with Crippen LogP contribution in [-0.2, 0) is 11.2 Å². The van der Waals surface area contributed by atoms with Crippen LogP contribution in [0, 0.1) is 0 Å². The maximum absolute atomic E-state index is 6.30. The number of halogens is 2. The number of hydrogen-bond acceptors (Lipinski definition) is 3. The van der Waals surface area contributed by atoms with Crippen LogP contribution in [0.1, 0.15) is 18.9 Å². The van der Waals surface area contributed by atoms with Crippen molar-refractivity contribution in [2.45, 2.75) is 31.9 Å². The Morgan fingerprint density at radius 3 is 2.90 bits per heavy atom. The Morgan fingerprint density at radius 2 is 2.20 bits per heavy atom. The third-order valence-corrected chi connectivity index (χ3v) is 4.39. The highest BCUT2D eigenvalue weighted by molar-refractivity contribution is 6.42. The standard InChI is InChI=1S/C15H22Cl2N2O/c1-2-5-19-6-7-20-15(10-19)14(18)9-11-3-4-12(16)13(17)8-11/h3-4,8,14-15H,2,5-7,9-10,18H2,1H3. The molecule has 2 N–H and O–H groups in total. The average Bonchev–Trinajstić information content (AvgIpc) is 2.43. The van der Waals surface area contributed by atoms with E-state index in [1.807, 2.05) is 18.2 Å². The van der Waals surface area contributed by atoms with Crippen LogP contribution in [-0.4, -0.2) is 43.3 Å². The summed E-state index contributed by atoms with van der Waals surface area (Å²) in [5.41, 5.74) is 7.40. The van der Waals surface area contributed by atoms with Gasteiger partial charge in [0.15, 0.2) is 0 Å². The molecule has 1 aliphatic rings. The van der Waals surface area contributed by atoms with Gasteiger partial charge in [-0.3, -0.25) is 4.90 Å². The Morgan fingerprint density at radius 1 is 1.40 bits per heavy atom. The van der Waals surface area contributed by atoms with Crippen LogP contribution in [0.4, 0.5) is 0 Å². The summed E-state index contributed by atoms with van der Waals surface area (Å²) in [7, 11) is 0. The minimum absolute atomic E-state index is 0.0214. The monoisotopic (exact) mass is 316 g/mol. The van der Waals surface area contributed by atoms with Crippen LogP contribution in [0.25, 0.3) is 0 Å². The average molecular weight is 317 g/mol. The second kappa shape index (κ2) is 7.62. The highest BCUT2D eigenvalue weighted by atomic mass is 35.5. The normalized spacial score (nSPS) is 21.9. The van der Waals surface area contributed by atoms with Gasteiger partial charge in [0.05, 0.1) is 22.8 Å². The van der Waals surface area contributed by atoms with Gasteiger partial charge in [0.1, 0.15) is 0 Å². The minimum atomic E-state index is -0.0214. The van der Waals surface area contributed by atoms with Crippen molar-refractivity contribution in [3.8, 4) is 0 Å². The van der Waals surface area contributed by atoms with Gasteiger partial charge in [-0.2, -0.15) is 0 Å². The van der Waals surface area contributed by atoms with Gasteiger partial charge in [0.25, 0.3) is 0 Å². The summed E-state index contributed by atoms with van der Waals surface area (Å²) in [5, 5.41) is 1.15. The Hall–Kier alpha value is -0.320. The predicted octanol–water partition coefficient (Wildman–Crippen LogP) is 2.97. The van der Waals surface area contributed by atoms with E-state index in [2.05, 4.69) is 11.8 Å². The molecule has 0 spiro atoms. The van der Waals surface area contributed by atoms with Crippen molar-refractivity contribution in [1.29, 1.82) is 0 Å². The van der Waals surface area contributed by atoms with Crippen molar-refractivity contribution in [2.24, 2.45) is 5.73 Å². The summed E-state index contributed by atoms with van der Waals surface area (Å²) in [5.74, 6) is 0. The number of nitrogens with two attached hydrogens (primary N) is 1. The maximum atomic E-state index is 6.30. The molecule has 0 amide bonds. The SMILES string of the molecule is CCCN1CCOC(C(N)Cc2ccc(Cl)c(Cl)c2)C1. The van der Waals surface area contributed by atoms with Crippen molar-refractivity contribution in [2.75, 3.05) is 26.2 Å². The van der Waals surface area contributed by atoms with Crippen molar-refractivity contribution in [1.82, 2.24) is 4.90 Å². The molecule has 1 fully saturated rings. The molecule has 2 unspecified atom stereocenters. The van der Waals surface area contributed by atoms with Gasteiger partial charge in [-0.25, -0.2) is 0 Å². The van der Waals surface area contributed by atoms with Gasteiger partial charge >= 0.3 is 0 Å². The number of rotatable bonds is 5. The first kappa shape index (κ1) is 16.1. The maximum Gasteiger partial charge on any atom is 0.0856 e. The van der Waals surface area contributed by atoms with E-state index in [4.69, 9.17) is 33.7 Å². The molecular weight excluding hydrogens is 295 g/mol. The van der Waals surface area contributed by atoms with Crippen LogP contribution in [0.15, 0.2) is 18.2 Å². The van der Waals surface area contributed by atoms with Crippen molar-refractivity contribution in [3.63, 3.8) is 0 Å². The fourth-order valence-electron chi connectivity index (χ4n) is 2.58. The molecule has 1 aromatic rings. The van der Waals surface area contributed by atoms with Crippen molar-refractivity contribution < 1.29 is 4.74 Å². The number of morpholine rings is 1. The van der Waals surface area contributed by atoms with Gasteiger partial charge in [0.2, 0.25) is 0 Å². The molecule has 0 radical (unpaired) electrons. The number of ether oxygens (including phenoxy) is 1. The molecule has 0 aromatic heterocycles. The zero-order valence-electron chi connectivity index (χ0n) is 11.8. The Balaban J connectivity index is 1.93. The third kappa shape index (κ3) is 4.34. The third-order valence-electron chi connectivity index (χ3n) is 3.65. The van der Waals surface area contributed by atoms with Gasteiger partial charge in [-0.1, -0.05) is 36.2 Å². The Bertz CT molecular complexity index is 440. The van der Waals surface area contributed by atoms with Crippen LogP contribution < -0.4 is 5.73 Å². The van der Waals surface area contributed by atoms with Gasteiger partial charge in [-0.15, -0.1) is 0 Å². The van der Waals surface area contributed by atoms with Crippen LogP contribution in [0.3, 0.4) is 0 Å². The zero-order valence-corrected chi connectivity index (χ0v) is 13.3. The second-order valence-electron chi connectivity index (χ2n) is 5.33.